The Morgan fingerprint density at radius 1 is 1.36 bits per heavy atom. The minimum Gasteiger partial charge on any atom is -0.396 e. The summed E-state index contributed by atoms with van der Waals surface area (Å²) < 4.78 is 45.1. The molecule has 2 heterocycles. The fourth-order valence-corrected chi connectivity index (χ4v) is 2.21. The summed E-state index contributed by atoms with van der Waals surface area (Å²) in [6.07, 6.45) is -0.804. The van der Waals surface area contributed by atoms with E-state index in [1.165, 1.54) is 6.20 Å². The topological polar surface area (TPSA) is 77.0 Å². The minimum atomic E-state index is -4.52. The molecule has 1 N–H and O–H groups in total. The maximum Gasteiger partial charge on any atom is 0.435 e. The standard InChI is InChI=1S/C13H15F3N4O2/c14-13(15,16)11-9(2-1-5-21)6-20(18-11)7-10-17-12(19-22-10)8-3-4-8/h6,8,21H,1-5,7H2. The van der Waals surface area contributed by atoms with Gasteiger partial charge in [-0.05, 0) is 25.7 Å². The number of hydrogen-bond donors (Lipinski definition) is 1. The first-order chi connectivity index (χ1) is 10.5. The van der Waals surface area contributed by atoms with E-state index in [0.29, 0.717) is 11.7 Å². The van der Waals surface area contributed by atoms with E-state index in [1.54, 1.807) is 0 Å². The largest absolute Gasteiger partial charge is 0.435 e. The molecule has 1 fully saturated rings. The first-order valence-electron chi connectivity index (χ1n) is 7.04. The molecule has 0 aliphatic heterocycles. The molecule has 9 heteroatoms. The predicted octanol–water partition coefficient (Wildman–Crippen LogP) is 2.14. The highest BCUT2D eigenvalue weighted by Crippen LogP contribution is 2.38. The van der Waals surface area contributed by atoms with Crippen LogP contribution in [0.1, 0.15) is 48.2 Å². The first-order valence-corrected chi connectivity index (χ1v) is 7.04. The number of rotatable bonds is 6. The summed E-state index contributed by atoms with van der Waals surface area (Å²) in [5.74, 6) is 1.17. The van der Waals surface area contributed by atoms with Gasteiger partial charge in [-0.1, -0.05) is 5.16 Å². The summed E-state index contributed by atoms with van der Waals surface area (Å²) >= 11 is 0. The van der Waals surface area contributed by atoms with E-state index >= 15 is 0 Å². The Balaban J connectivity index is 1.78. The fourth-order valence-electron chi connectivity index (χ4n) is 2.21. The summed E-state index contributed by atoms with van der Waals surface area (Å²) in [4.78, 5) is 4.17. The zero-order valence-electron chi connectivity index (χ0n) is 11.7. The average molecular weight is 316 g/mol. The monoisotopic (exact) mass is 316 g/mol. The molecule has 6 nitrogen and oxygen atoms in total. The van der Waals surface area contributed by atoms with Crippen LogP contribution in [0.3, 0.4) is 0 Å². The Morgan fingerprint density at radius 3 is 2.77 bits per heavy atom. The van der Waals surface area contributed by atoms with Crippen molar-refractivity contribution < 1.29 is 22.8 Å². The zero-order chi connectivity index (χ0) is 15.7. The zero-order valence-corrected chi connectivity index (χ0v) is 11.7. The van der Waals surface area contributed by atoms with Gasteiger partial charge < -0.3 is 9.63 Å². The Morgan fingerprint density at radius 2 is 2.14 bits per heavy atom. The van der Waals surface area contributed by atoms with E-state index in [0.717, 1.165) is 17.5 Å². The van der Waals surface area contributed by atoms with Crippen LogP contribution in [-0.4, -0.2) is 31.6 Å². The fraction of sp³-hybridized carbons (Fsp3) is 0.615. The molecule has 22 heavy (non-hydrogen) atoms. The van der Waals surface area contributed by atoms with E-state index in [2.05, 4.69) is 15.2 Å². The Labute approximate surface area is 123 Å². The van der Waals surface area contributed by atoms with Gasteiger partial charge in [0.05, 0.1) is 0 Å². The molecule has 0 spiro atoms. The van der Waals surface area contributed by atoms with Gasteiger partial charge in [-0.15, -0.1) is 0 Å². The van der Waals surface area contributed by atoms with Gasteiger partial charge in [0.25, 0.3) is 0 Å². The molecular formula is C13H15F3N4O2. The second-order valence-electron chi connectivity index (χ2n) is 5.35. The van der Waals surface area contributed by atoms with Crippen LogP contribution in [0.15, 0.2) is 10.7 Å². The molecule has 3 rings (SSSR count). The van der Waals surface area contributed by atoms with Crippen molar-refractivity contribution in [3.8, 4) is 0 Å². The van der Waals surface area contributed by atoms with Crippen LogP contribution in [-0.2, 0) is 19.1 Å². The molecule has 2 aromatic rings. The van der Waals surface area contributed by atoms with Crippen molar-refractivity contribution in [1.29, 1.82) is 0 Å². The molecule has 0 radical (unpaired) electrons. The summed E-state index contributed by atoms with van der Waals surface area (Å²) in [6, 6.07) is 0. The lowest BCUT2D eigenvalue weighted by Gasteiger charge is -2.04. The summed E-state index contributed by atoms with van der Waals surface area (Å²) in [5.41, 5.74) is -0.869. The van der Waals surface area contributed by atoms with Crippen LogP contribution in [0, 0.1) is 0 Å². The number of aryl methyl sites for hydroxylation is 1. The molecule has 0 unspecified atom stereocenters. The minimum absolute atomic E-state index is 0.00191. The maximum atomic E-state index is 13.0. The number of halogens is 3. The van der Waals surface area contributed by atoms with Crippen molar-refractivity contribution in [2.24, 2.45) is 0 Å². The van der Waals surface area contributed by atoms with Crippen LogP contribution in [0.25, 0.3) is 0 Å². The molecule has 120 valence electrons. The smallest absolute Gasteiger partial charge is 0.396 e. The SMILES string of the molecule is OCCCc1cn(Cc2nc(C3CC3)no2)nc1C(F)(F)F. The Kier molecular flexibility index (Phi) is 3.90. The molecule has 0 saturated heterocycles. The molecule has 1 aliphatic carbocycles. The maximum absolute atomic E-state index is 13.0. The number of aliphatic hydroxyl groups excluding tert-OH is 1. The first kappa shape index (κ1) is 15.0. The molecule has 0 amide bonds. The van der Waals surface area contributed by atoms with Gasteiger partial charge in [0.2, 0.25) is 5.89 Å². The quantitative estimate of drug-likeness (QED) is 0.883. The number of alkyl halides is 3. The van der Waals surface area contributed by atoms with Gasteiger partial charge in [0, 0.05) is 24.3 Å². The Bertz CT molecular complexity index is 646. The lowest BCUT2D eigenvalue weighted by atomic mass is 10.1. The molecular weight excluding hydrogens is 301 g/mol. The number of aliphatic hydroxyl groups is 1. The highest BCUT2D eigenvalue weighted by molar-refractivity contribution is 5.20. The van der Waals surface area contributed by atoms with E-state index in [9.17, 15) is 13.2 Å². The van der Waals surface area contributed by atoms with Crippen molar-refractivity contribution >= 4 is 0 Å². The molecule has 2 aromatic heterocycles. The van der Waals surface area contributed by atoms with Crippen molar-refractivity contribution in [1.82, 2.24) is 19.9 Å². The van der Waals surface area contributed by atoms with Gasteiger partial charge in [0.1, 0.15) is 6.54 Å². The van der Waals surface area contributed by atoms with Crippen molar-refractivity contribution in [3.05, 3.63) is 29.2 Å². The lowest BCUT2D eigenvalue weighted by Crippen LogP contribution is -2.10. The summed E-state index contributed by atoms with van der Waals surface area (Å²) in [7, 11) is 0. The summed E-state index contributed by atoms with van der Waals surface area (Å²) in [6.45, 7) is -0.168. The molecule has 0 aromatic carbocycles. The highest BCUT2D eigenvalue weighted by Gasteiger charge is 2.37. The second kappa shape index (κ2) is 5.71. The predicted molar refractivity (Wildman–Crippen MR) is 68.0 cm³/mol. The molecule has 0 bridgehead atoms. The molecule has 1 saturated carbocycles. The van der Waals surface area contributed by atoms with Crippen LogP contribution >= 0.6 is 0 Å². The molecule has 0 atom stereocenters. The van der Waals surface area contributed by atoms with Crippen molar-refractivity contribution in [2.75, 3.05) is 6.61 Å². The van der Waals surface area contributed by atoms with Crippen LogP contribution in [0.2, 0.25) is 0 Å². The van der Waals surface area contributed by atoms with Crippen LogP contribution in [0.5, 0.6) is 0 Å². The van der Waals surface area contributed by atoms with Gasteiger partial charge in [-0.2, -0.15) is 23.3 Å². The van der Waals surface area contributed by atoms with E-state index < -0.39 is 11.9 Å². The van der Waals surface area contributed by atoms with Gasteiger partial charge in [-0.3, -0.25) is 4.68 Å². The van der Waals surface area contributed by atoms with Gasteiger partial charge in [0.15, 0.2) is 11.5 Å². The average Bonchev–Trinajstić information content (AvgIpc) is 3.05. The third-order valence-corrected chi connectivity index (χ3v) is 3.43. The Hall–Kier alpha value is -1.90. The second-order valence-corrected chi connectivity index (χ2v) is 5.35. The van der Waals surface area contributed by atoms with Gasteiger partial charge in [-0.25, -0.2) is 0 Å². The van der Waals surface area contributed by atoms with E-state index in [4.69, 9.17) is 9.63 Å². The van der Waals surface area contributed by atoms with Crippen LogP contribution < -0.4 is 0 Å². The number of nitrogens with zero attached hydrogens (tertiary/aromatic N) is 4. The summed E-state index contributed by atoms with van der Waals surface area (Å²) in [5, 5.41) is 16.2. The highest BCUT2D eigenvalue weighted by atomic mass is 19.4. The van der Waals surface area contributed by atoms with Crippen LogP contribution in [0.4, 0.5) is 13.2 Å². The van der Waals surface area contributed by atoms with Crippen molar-refractivity contribution in [2.45, 2.75) is 44.3 Å². The number of hydrogen-bond acceptors (Lipinski definition) is 5. The van der Waals surface area contributed by atoms with E-state index in [1.807, 2.05) is 0 Å². The normalized spacial score (nSPS) is 15.5. The third kappa shape index (κ3) is 3.29. The van der Waals surface area contributed by atoms with Crippen molar-refractivity contribution in [3.63, 3.8) is 0 Å². The third-order valence-electron chi connectivity index (χ3n) is 3.43. The molecule has 1 aliphatic rings. The van der Waals surface area contributed by atoms with E-state index in [-0.39, 0.29) is 37.4 Å². The number of aromatic nitrogens is 4. The lowest BCUT2D eigenvalue weighted by molar-refractivity contribution is -0.142. The van der Waals surface area contributed by atoms with Gasteiger partial charge >= 0.3 is 6.18 Å².